The van der Waals surface area contributed by atoms with E-state index in [9.17, 15) is 4.79 Å². The summed E-state index contributed by atoms with van der Waals surface area (Å²) in [5.74, 6) is 1.97. The molecule has 2 saturated heterocycles. The van der Waals surface area contributed by atoms with Crippen molar-refractivity contribution in [2.24, 2.45) is 5.92 Å². The van der Waals surface area contributed by atoms with Crippen molar-refractivity contribution in [3.05, 3.63) is 29.3 Å². The molecule has 2 fully saturated rings. The molecular formula is C22H32N2O2. The summed E-state index contributed by atoms with van der Waals surface area (Å²) in [4.78, 5) is 17.4. The van der Waals surface area contributed by atoms with Crippen LogP contribution in [0.4, 0.5) is 0 Å². The Hall–Kier alpha value is -1.55. The maximum Gasteiger partial charge on any atom is 0.222 e. The van der Waals surface area contributed by atoms with E-state index in [0.717, 1.165) is 31.7 Å². The molecule has 3 aliphatic rings. The Morgan fingerprint density at radius 2 is 2.12 bits per heavy atom. The second-order valence-corrected chi connectivity index (χ2v) is 8.32. The summed E-state index contributed by atoms with van der Waals surface area (Å²) >= 11 is 0. The summed E-state index contributed by atoms with van der Waals surface area (Å²) in [6, 6.07) is 7.10. The lowest BCUT2D eigenvalue weighted by Crippen LogP contribution is -2.51. The second-order valence-electron chi connectivity index (χ2n) is 8.32. The van der Waals surface area contributed by atoms with Crippen molar-refractivity contribution in [1.29, 1.82) is 0 Å². The zero-order valence-corrected chi connectivity index (χ0v) is 16.1. The van der Waals surface area contributed by atoms with Gasteiger partial charge in [-0.15, -0.1) is 0 Å². The number of rotatable bonds is 5. The molecule has 0 aromatic heterocycles. The van der Waals surface area contributed by atoms with Gasteiger partial charge in [0.05, 0.1) is 6.61 Å². The van der Waals surface area contributed by atoms with Crippen LogP contribution in [0.25, 0.3) is 0 Å². The van der Waals surface area contributed by atoms with Crippen molar-refractivity contribution in [3.63, 3.8) is 0 Å². The first-order valence-corrected chi connectivity index (χ1v) is 10.4. The molecule has 3 heterocycles. The van der Waals surface area contributed by atoms with Crippen molar-refractivity contribution in [2.45, 2.75) is 57.4 Å². The molecule has 0 aliphatic carbocycles. The lowest BCUT2D eigenvalue weighted by atomic mass is 9.83. The molecule has 0 saturated carbocycles. The van der Waals surface area contributed by atoms with Crippen LogP contribution in [-0.4, -0.2) is 55.0 Å². The highest BCUT2D eigenvalue weighted by molar-refractivity contribution is 5.76. The highest BCUT2D eigenvalue weighted by atomic mass is 16.5. The minimum atomic E-state index is 0.287. The van der Waals surface area contributed by atoms with Crippen LogP contribution >= 0.6 is 0 Å². The molecule has 1 amide bonds. The average molecular weight is 357 g/mol. The summed E-state index contributed by atoms with van der Waals surface area (Å²) in [7, 11) is 2.00. The summed E-state index contributed by atoms with van der Waals surface area (Å²) < 4.78 is 5.57. The SMILES string of the molecule is CN(C[C@@H]1CCCN2CCCC[C@H]12)C(=O)CCc1ccc2c(c1)CCO2. The monoisotopic (exact) mass is 356 g/mol. The molecule has 26 heavy (non-hydrogen) atoms. The molecule has 4 rings (SSSR count). The average Bonchev–Trinajstić information content (AvgIpc) is 3.14. The van der Waals surface area contributed by atoms with Gasteiger partial charge in [-0.1, -0.05) is 18.6 Å². The molecule has 4 heteroatoms. The van der Waals surface area contributed by atoms with Gasteiger partial charge in [0.25, 0.3) is 0 Å². The summed E-state index contributed by atoms with van der Waals surface area (Å²) in [5, 5.41) is 0. The first kappa shape index (κ1) is 17.8. The Kier molecular flexibility index (Phi) is 5.49. The number of aryl methyl sites for hydroxylation is 1. The molecule has 2 atom stereocenters. The number of hydrogen-bond donors (Lipinski definition) is 0. The van der Waals surface area contributed by atoms with Gasteiger partial charge < -0.3 is 14.5 Å². The third kappa shape index (κ3) is 3.90. The Bertz CT molecular complexity index is 643. The van der Waals surface area contributed by atoms with Gasteiger partial charge in [0.2, 0.25) is 5.91 Å². The Balaban J connectivity index is 1.29. The van der Waals surface area contributed by atoms with Gasteiger partial charge in [0.1, 0.15) is 5.75 Å². The molecule has 4 nitrogen and oxygen atoms in total. The predicted molar refractivity (Wildman–Crippen MR) is 104 cm³/mol. The van der Waals surface area contributed by atoms with Crippen LogP contribution in [0.3, 0.4) is 0 Å². The number of hydrogen-bond acceptors (Lipinski definition) is 3. The smallest absolute Gasteiger partial charge is 0.222 e. The summed E-state index contributed by atoms with van der Waals surface area (Å²) in [6.45, 7) is 4.25. The van der Waals surface area contributed by atoms with Gasteiger partial charge in [0.15, 0.2) is 0 Å². The third-order valence-corrected chi connectivity index (χ3v) is 6.54. The molecule has 0 bridgehead atoms. The highest BCUT2D eigenvalue weighted by Crippen LogP contribution is 2.31. The molecule has 142 valence electrons. The van der Waals surface area contributed by atoms with E-state index in [0.29, 0.717) is 18.4 Å². The molecule has 1 aromatic rings. The van der Waals surface area contributed by atoms with Crippen LogP contribution in [0, 0.1) is 5.92 Å². The zero-order valence-electron chi connectivity index (χ0n) is 16.1. The highest BCUT2D eigenvalue weighted by Gasteiger charge is 2.33. The minimum absolute atomic E-state index is 0.287. The molecule has 3 aliphatic heterocycles. The predicted octanol–water partition coefficient (Wildman–Crippen LogP) is 3.28. The molecule has 1 aromatic carbocycles. The topological polar surface area (TPSA) is 32.8 Å². The lowest BCUT2D eigenvalue weighted by molar-refractivity contribution is -0.131. The van der Waals surface area contributed by atoms with E-state index in [1.807, 2.05) is 11.9 Å². The van der Waals surface area contributed by atoms with Crippen LogP contribution in [0.2, 0.25) is 0 Å². The van der Waals surface area contributed by atoms with Crippen LogP contribution in [-0.2, 0) is 17.6 Å². The number of piperidine rings is 2. The molecule has 0 unspecified atom stereocenters. The van der Waals surface area contributed by atoms with E-state index in [2.05, 4.69) is 23.1 Å². The maximum absolute atomic E-state index is 12.7. The molecule has 0 radical (unpaired) electrons. The van der Waals surface area contributed by atoms with E-state index >= 15 is 0 Å². The Morgan fingerprint density at radius 3 is 3.04 bits per heavy atom. The van der Waals surface area contributed by atoms with Crippen LogP contribution in [0.5, 0.6) is 5.75 Å². The number of nitrogens with zero attached hydrogens (tertiary/aromatic N) is 2. The summed E-state index contributed by atoms with van der Waals surface area (Å²) in [6.07, 6.45) is 9.04. The van der Waals surface area contributed by atoms with Crippen LogP contribution in [0.1, 0.15) is 49.7 Å². The third-order valence-electron chi connectivity index (χ3n) is 6.54. The van der Waals surface area contributed by atoms with Gasteiger partial charge in [-0.2, -0.15) is 0 Å². The first-order chi connectivity index (χ1) is 12.7. The van der Waals surface area contributed by atoms with E-state index in [4.69, 9.17) is 4.74 Å². The van der Waals surface area contributed by atoms with Gasteiger partial charge in [-0.05, 0) is 68.3 Å². The fourth-order valence-electron chi connectivity index (χ4n) is 5.08. The minimum Gasteiger partial charge on any atom is -0.493 e. The van der Waals surface area contributed by atoms with Crippen molar-refractivity contribution in [1.82, 2.24) is 9.80 Å². The fourth-order valence-corrected chi connectivity index (χ4v) is 5.08. The zero-order chi connectivity index (χ0) is 17.9. The molecule has 0 N–H and O–H groups in total. The number of amides is 1. The number of fused-ring (bicyclic) bond motifs is 2. The normalized spacial score (nSPS) is 25.3. The van der Waals surface area contributed by atoms with Crippen molar-refractivity contribution in [3.8, 4) is 5.75 Å². The van der Waals surface area contributed by atoms with Gasteiger partial charge >= 0.3 is 0 Å². The van der Waals surface area contributed by atoms with Crippen molar-refractivity contribution in [2.75, 3.05) is 33.3 Å². The van der Waals surface area contributed by atoms with E-state index in [1.165, 1.54) is 56.3 Å². The van der Waals surface area contributed by atoms with Gasteiger partial charge in [-0.25, -0.2) is 0 Å². The van der Waals surface area contributed by atoms with Crippen molar-refractivity contribution >= 4 is 5.91 Å². The number of carbonyl (C=O) groups excluding carboxylic acids is 1. The van der Waals surface area contributed by atoms with Crippen LogP contribution in [0.15, 0.2) is 18.2 Å². The summed E-state index contributed by atoms with van der Waals surface area (Å²) in [5.41, 5.74) is 2.55. The van der Waals surface area contributed by atoms with E-state index in [-0.39, 0.29) is 5.91 Å². The van der Waals surface area contributed by atoms with Crippen molar-refractivity contribution < 1.29 is 9.53 Å². The Morgan fingerprint density at radius 1 is 1.23 bits per heavy atom. The number of carbonyl (C=O) groups is 1. The quantitative estimate of drug-likeness (QED) is 0.812. The maximum atomic E-state index is 12.7. The first-order valence-electron chi connectivity index (χ1n) is 10.4. The number of ether oxygens (including phenoxy) is 1. The van der Waals surface area contributed by atoms with E-state index in [1.54, 1.807) is 0 Å². The van der Waals surface area contributed by atoms with Crippen LogP contribution < -0.4 is 4.74 Å². The Labute approximate surface area is 157 Å². The molecule has 0 spiro atoms. The lowest BCUT2D eigenvalue weighted by Gasteiger charge is -2.45. The largest absolute Gasteiger partial charge is 0.493 e. The number of benzene rings is 1. The second kappa shape index (κ2) is 7.99. The fraction of sp³-hybridized carbons (Fsp3) is 0.682. The van der Waals surface area contributed by atoms with Gasteiger partial charge in [-0.3, -0.25) is 4.79 Å². The standard InChI is InChI=1S/C22H32N2O2/c1-23(16-19-5-4-13-24-12-3-2-6-20(19)24)22(25)10-8-17-7-9-21-18(15-17)11-14-26-21/h7,9,15,19-20H,2-6,8,10-14,16H2,1H3/t19-,20+/m0/s1. The molecular weight excluding hydrogens is 324 g/mol. The van der Waals surface area contributed by atoms with E-state index < -0.39 is 0 Å². The van der Waals surface area contributed by atoms with Gasteiger partial charge in [0, 0.05) is 32.5 Å².